The van der Waals surface area contributed by atoms with E-state index in [4.69, 9.17) is 0 Å². The number of rotatable bonds is 4. The summed E-state index contributed by atoms with van der Waals surface area (Å²) in [7, 11) is 0. The Balaban J connectivity index is 1.61. The standard InChI is InChI=1S/C26H22F2N4O2/c27-20-10-4-16(14-21(20)28)5-11-22-24-19(26(34)32-12-2-1-3-13-32)15-23(29-25(24)31-30-22)17-6-8-18(33)9-7-17/h4-11,14-15,33H,1-3,12-13H2,(H,29,30,31)/b11-5+. The van der Waals surface area contributed by atoms with Crippen molar-refractivity contribution >= 4 is 29.1 Å². The number of carbonyl (C=O) groups is 1. The average molecular weight is 460 g/mol. The number of aromatic nitrogens is 3. The molecule has 3 heterocycles. The SMILES string of the molecule is O=C(c1cc(-c2ccc(O)cc2)nc2n[nH]c(/C=C/c3ccc(F)c(F)c3)c12)N1CCCCC1. The first-order valence-corrected chi connectivity index (χ1v) is 11.1. The molecule has 5 rings (SSSR count). The smallest absolute Gasteiger partial charge is 0.254 e. The highest BCUT2D eigenvalue weighted by Gasteiger charge is 2.24. The number of halogens is 2. The zero-order chi connectivity index (χ0) is 23.7. The summed E-state index contributed by atoms with van der Waals surface area (Å²) in [6, 6.07) is 12.0. The van der Waals surface area contributed by atoms with E-state index in [1.54, 1.807) is 42.5 Å². The van der Waals surface area contributed by atoms with Crippen LogP contribution >= 0.6 is 0 Å². The van der Waals surface area contributed by atoms with Crippen LogP contribution in [0, 0.1) is 11.6 Å². The minimum Gasteiger partial charge on any atom is -0.508 e. The Morgan fingerprint density at radius 3 is 2.47 bits per heavy atom. The van der Waals surface area contributed by atoms with E-state index in [-0.39, 0.29) is 11.7 Å². The maximum Gasteiger partial charge on any atom is 0.254 e. The Labute approximate surface area is 194 Å². The van der Waals surface area contributed by atoms with Crippen LogP contribution in [0.15, 0.2) is 48.5 Å². The number of phenolic OH excluding ortho intramolecular Hbond substituents is 1. The zero-order valence-electron chi connectivity index (χ0n) is 18.3. The number of piperidine rings is 1. The fourth-order valence-electron chi connectivity index (χ4n) is 4.18. The number of phenols is 1. The molecule has 0 unspecified atom stereocenters. The Morgan fingerprint density at radius 1 is 0.971 bits per heavy atom. The highest BCUT2D eigenvalue weighted by molar-refractivity contribution is 6.09. The molecule has 1 fully saturated rings. The van der Waals surface area contributed by atoms with Crippen molar-refractivity contribution in [3.8, 4) is 17.0 Å². The number of benzene rings is 2. The summed E-state index contributed by atoms with van der Waals surface area (Å²) < 4.78 is 26.9. The Kier molecular flexibility index (Phi) is 5.79. The third kappa shape index (κ3) is 4.26. The number of aromatic amines is 1. The molecule has 0 bridgehead atoms. The van der Waals surface area contributed by atoms with Gasteiger partial charge in [-0.05, 0) is 73.4 Å². The van der Waals surface area contributed by atoms with Crippen molar-refractivity contribution < 1.29 is 18.7 Å². The van der Waals surface area contributed by atoms with E-state index in [9.17, 15) is 18.7 Å². The van der Waals surface area contributed by atoms with E-state index < -0.39 is 11.6 Å². The maximum atomic E-state index is 13.6. The molecule has 6 nitrogen and oxygen atoms in total. The summed E-state index contributed by atoms with van der Waals surface area (Å²) in [6.45, 7) is 1.38. The molecule has 1 aliphatic rings. The molecule has 2 aromatic carbocycles. The van der Waals surface area contributed by atoms with Gasteiger partial charge in [-0.1, -0.05) is 12.1 Å². The van der Waals surface area contributed by atoms with Gasteiger partial charge >= 0.3 is 0 Å². The number of nitrogens with zero attached hydrogens (tertiary/aromatic N) is 3. The van der Waals surface area contributed by atoms with Crippen LogP contribution in [0.4, 0.5) is 8.78 Å². The van der Waals surface area contributed by atoms with Crippen LogP contribution in [0.1, 0.15) is 40.9 Å². The monoisotopic (exact) mass is 460 g/mol. The number of H-pyrrole nitrogens is 1. The van der Waals surface area contributed by atoms with Gasteiger partial charge < -0.3 is 10.0 Å². The topological polar surface area (TPSA) is 82.1 Å². The van der Waals surface area contributed by atoms with E-state index >= 15 is 0 Å². The fraction of sp³-hybridized carbons (Fsp3) is 0.192. The first kappa shape index (κ1) is 21.8. The predicted octanol–water partition coefficient (Wildman–Crippen LogP) is 5.41. The van der Waals surface area contributed by atoms with Crippen molar-refractivity contribution in [2.75, 3.05) is 13.1 Å². The van der Waals surface area contributed by atoms with Crippen LogP contribution in [0.5, 0.6) is 5.75 Å². The van der Waals surface area contributed by atoms with Crippen molar-refractivity contribution in [2.24, 2.45) is 0 Å². The predicted molar refractivity (Wildman–Crippen MR) is 126 cm³/mol. The molecule has 2 aromatic heterocycles. The summed E-state index contributed by atoms with van der Waals surface area (Å²) in [5.74, 6) is -1.81. The van der Waals surface area contributed by atoms with E-state index in [0.717, 1.165) is 37.0 Å². The van der Waals surface area contributed by atoms with Gasteiger partial charge in [0.15, 0.2) is 17.3 Å². The summed E-state index contributed by atoms with van der Waals surface area (Å²) in [5.41, 5.74) is 3.17. The van der Waals surface area contributed by atoms with Gasteiger partial charge in [-0.15, -0.1) is 0 Å². The van der Waals surface area contributed by atoms with Gasteiger partial charge in [-0.3, -0.25) is 9.89 Å². The normalized spacial score (nSPS) is 14.2. The number of hydrogen-bond donors (Lipinski definition) is 2. The second kappa shape index (κ2) is 9.05. The van der Waals surface area contributed by atoms with Crippen molar-refractivity contribution in [2.45, 2.75) is 19.3 Å². The average Bonchev–Trinajstić information content (AvgIpc) is 3.28. The molecule has 2 N–H and O–H groups in total. The molecule has 0 aliphatic carbocycles. The minimum absolute atomic E-state index is 0.101. The van der Waals surface area contributed by atoms with E-state index in [1.165, 1.54) is 6.07 Å². The molecule has 0 spiro atoms. The van der Waals surface area contributed by atoms with Crippen molar-refractivity contribution in [1.82, 2.24) is 20.1 Å². The number of pyridine rings is 1. The number of hydrogen-bond acceptors (Lipinski definition) is 4. The zero-order valence-corrected chi connectivity index (χ0v) is 18.3. The summed E-state index contributed by atoms with van der Waals surface area (Å²) >= 11 is 0. The molecular weight excluding hydrogens is 438 g/mol. The van der Waals surface area contributed by atoms with Gasteiger partial charge in [0.25, 0.3) is 5.91 Å². The summed E-state index contributed by atoms with van der Waals surface area (Å²) in [4.78, 5) is 20.0. The Bertz CT molecular complexity index is 1390. The highest BCUT2D eigenvalue weighted by Crippen LogP contribution is 2.29. The third-order valence-electron chi connectivity index (χ3n) is 5.97. The van der Waals surface area contributed by atoms with E-state index in [2.05, 4.69) is 15.2 Å². The quantitative estimate of drug-likeness (QED) is 0.427. The number of amides is 1. The van der Waals surface area contributed by atoms with Gasteiger partial charge in [0.1, 0.15) is 5.75 Å². The van der Waals surface area contributed by atoms with Crippen LogP contribution in [0.25, 0.3) is 34.4 Å². The second-order valence-electron chi connectivity index (χ2n) is 8.30. The van der Waals surface area contributed by atoms with Crippen LogP contribution < -0.4 is 0 Å². The lowest BCUT2D eigenvalue weighted by molar-refractivity contribution is 0.0726. The van der Waals surface area contributed by atoms with E-state index in [1.807, 2.05) is 4.90 Å². The molecule has 8 heteroatoms. The molecule has 4 aromatic rings. The lowest BCUT2D eigenvalue weighted by atomic mass is 10.0. The molecule has 0 radical (unpaired) electrons. The summed E-state index contributed by atoms with van der Waals surface area (Å²) in [5, 5.41) is 17.4. The maximum absolute atomic E-state index is 13.6. The largest absolute Gasteiger partial charge is 0.508 e. The van der Waals surface area contributed by atoms with Gasteiger partial charge in [-0.2, -0.15) is 5.10 Å². The lowest BCUT2D eigenvalue weighted by Gasteiger charge is -2.27. The molecule has 1 amide bonds. The third-order valence-corrected chi connectivity index (χ3v) is 5.97. The molecule has 172 valence electrons. The second-order valence-corrected chi connectivity index (χ2v) is 8.30. The number of fused-ring (bicyclic) bond motifs is 1. The van der Waals surface area contributed by atoms with Gasteiger partial charge in [0.2, 0.25) is 0 Å². The highest BCUT2D eigenvalue weighted by atomic mass is 19.2. The van der Waals surface area contributed by atoms with Gasteiger partial charge in [-0.25, -0.2) is 13.8 Å². The first-order valence-electron chi connectivity index (χ1n) is 11.1. The lowest BCUT2D eigenvalue weighted by Crippen LogP contribution is -2.35. The minimum atomic E-state index is -0.933. The molecule has 1 saturated heterocycles. The number of aromatic hydroxyl groups is 1. The molecule has 0 atom stereocenters. The van der Waals surface area contributed by atoms with Crippen LogP contribution in [0.3, 0.4) is 0 Å². The van der Waals surface area contributed by atoms with Crippen molar-refractivity contribution in [3.05, 3.63) is 77.0 Å². The molecule has 34 heavy (non-hydrogen) atoms. The van der Waals surface area contributed by atoms with Crippen LogP contribution in [-0.2, 0) is 0 Å². The van der Waals surface area contributed by atoms with Gasteiger partial charge in [0, 0.05) is 18.7 Å². The summed E-state index contributed by atoms with van der Waals surface area (Å²) in [6.07, 6.45) is 6.32. The molecule has 0 saturated carbocycles. The Hall–Kier alpha value is -4.07. The number of likely N-dealkylation sites (tertiary alicyclic amines) is 1. The Morgan fingerprint density at radius 2 is 1.74 bits per heavy atom. The molecule has 1 aliphatic heterocycles. The van der Waals surface area contributed by atoms with Crippen LogP contribution in [-0.4, -0.2) is 44.2 Å². The van der Waals surface area contributed by atoms with Crippen molar-refractivity contribution in [1.29, 1.82) is 0 Å². The fourth-order valence-corrected chi connectivity index (χ4v) is 4.18. The van der Waals surface area contributed by atoms with Crippen molar-refractivity contribution in [3.63, 3.8) is 0 Å². The van der Waals surface area contributed by atoms with Crippen LogP contribution in [0.2, 0.25) is 0 Å². The number of carbonyl (C=O) groups excluding carboxylic acids is 1. The van der Waals surface area contributed by atoms with Gasteiger partial charge in [0.05, 0.1) is 22.3 Å². The first-order chi connectivity index (χ1) is 16.5. The van der Waals surface area contributed by atoms with E-state index in [0.29, 0.717) is 46.6 Å². The number of nitrogens with one attached hydrogen (secondary N) is 1. The molecular formula is C26H22F2N4O2.